The Labute approximate surface area is 158 Å². The second-order valence-electron chi connectivity index (χ2n) is 8.26. The van der Waals surface area contributed by atoms with E-state index in [1.165, 1.54) is 0 Å². The van der Waals surface area contributed by atoms with Crippen molar-refractivity contribution in [3.63, 3.8) is 0 Å². The molecular formula is C21H25BrO3. The molecule has 134 valence electrons. The standard InChI is InChI=1S/C21H25BrO3/c1-20(2,3)16-11-13(12-17(18(16)23)21(4,5)6)19(24)25-15-9-7-14(22)8-10-15/h7-12,23H,1-6H3. The van der Waals surface area contributed by atoms with Crippen LogP contribution in [0.3, 0.4) is 0 Å². The van der Waals surface area contributed by atoms with E-state index in [9.17, 15) is 9.90 Å². The third kappa shape index (κ3) is 4.63. The summed E-state index contributed by atoms with van der Waals surface area (Å²) >= 11 is 3.36. The molecule has 0 bridgehead atoms. The first kappa shape index (κ1) is 19.5. The Hall–Kier alpha value is -1.81. The summed E-state index contributed by atoms with van der Waals surface area (Å²) < 4.78 is 6.41. The molecule has 0 saturated heterocycles. The van der Waals surface area contributed by atoms with Crippen molar-refractivity contribution in [1.82, 2.24) is 0 Å². The van der Waals surface area contributed by atoms with Crippen molar-refractivity contribution in [2.24, 2.45) is 0 Å². The van der Waals surface area contributed by atoms with Gasteiger partial charge in [-0.3, -0.25) is 0 Å². The normalized spacial score (nSPS) is 12.1. The van der Waals surface area contributed by atoms with Crippen molar-refractivity contribution in [3.8, 4) is 11.5 Å². The fraction of sp³-hybridized carbons (Fsp3) is 0.381. The number of rotatable bonds is 2. The average Bonchev–Trinajstić information content (AvgIpc) is 2.47. The molecule has 0 aromatic heterocycles. The Balaban J connectivity index is 2.49. The van der Waals surface area contributed by atoms with Crippen molar-refractivity contribution < 1.29 is 14.6 Å². The quantitative estimate of drug-likeness (QED) is 0.495. The van der Waals surface area contributed by atoms with Crippen LogP contribution < -0.4 is 4.74 Å². The molecule has 0 amide bonds. The third-order valence-electron chi connectivity index (χ3n) is 3.99. The molecule has 0 fully saturated rings. The molecule has 0 atom stereocenters. The van der Waals surface area contributed by atoms with Gasteiger partial charge in [-0.05, 0) is 47.2 Å². The van der Waals surface area contributed by atoms with Gasteiger partial charge >= 0.3 is 5.97 Å². The zero-order chi connectivity index (χ0) is 19.0. The highest BCUT2D eigenvalue weighted by molar-refractivity contribution is 9.10. The molecule has 0 aliphatic carbocycles. The molecule has 2 rings (SSSR count). The van der Waals surface area contributed by atoms with Gasteiger partial charge in [0, 0.05) is 15.6 Å². The number of hydrogen-bond acceptors (Lipinski definition) is 3. The van der Waals surface area contributed by atoms with E-state index in [0.717, 1.165) is 15.6 Å². The Kier molecular flexibility index (Phi) is 5.33. The maximum absolute atomic E-state index is 12.7. The van der Waals surface area contributed by atoms with E-state index in [1.807, 2.05) is 53.7 Å². The van der Waals surface area contributed by atoms with Crippen LogP contribution in [0.15, 0.2) is 40.9 Å². The molecule has 1 N–H and O–H groups in total. The molecule has 3 nitrogen and oxygen atoms in total. The zero-order valence-corrected chi connectivity index (χ0v) is 17.2. The van der Waals surface area contributed by atoms with Crippen LogP contribution in [0.4, 0.5) is 0 Å². The molecule has 0 radical (unpaired) electrons. The second kappa shape index (κ2) is 6.83. The molecule has 0 heterocycles. The van der Waals surface area contributed by atoms with Crippen molar-refractivity contribution in [1.29, 1.82) is 0 Å². The highest BCUT2D eigenvalue weighted by Crippen LogP contribution is 2.40. The first-order valence-electron chi connectivity index (χ1n) is 8.25. The Morgan fingerprint density at radius 2 is 1.36 bits per heavy atom. The van der Waals surface area contributed by atoms with E-state index in [2.05, 4.69) is 15.9 Å². The summed E-state index contributed by atoms with van der Waals surface area (Å²) in [6.07, 6.45) is 0. The van der Waals surface area contributed by atoms with Gasteiger partial charge in [-0.15, -0.1) is 0 Å². The predicted octanol–water partition coefficient (Wildman–Crippen LogP) is 5.97. The highest BCUT2D eigenvalue weighted by atomic mass is 79.9. The summed E-state index contributed by atoms with van der Waals surface area (Å²) in [7, 11) is 0. The fourth-order valence-corrected chi connectivity index (χ4v) is 2.83. The van der Waals surface area contributed by atoms with Gasteiger partial charge in [0.25, 0.3) is 0 Å². The second-order valence-corrected chi connectivity index (χ2v) is 9.18. The number of phenolic OH excluding ortho intramolecular Hbond substituents is 1. The van der Waals surface area contributed by atoms with Gasteiger partial charge in [-0.25, -0.2) is 4.79 Å². The lowest BCUT2D eigenvalue weighted by Gasteiger charge is -2.27. The lowest BCUT2D eigenvalue weighted by molar-refractivity contribution is 0.0734. The minimum atomic E-state index is -0.432. The summed E-state index contributed by atoms with van der Waals surface area (Å²) in [5.74, 6) is 0.300. The van der Waals surface area contributed by atoms with Crippen LogP contribution in [0.5, 0.6) is 11.5 Å². The number of esters is 1. The molecule has 25 heavy (non-hydrogen) atoms. The van der Waals surface area contributed by atoms with Crippen LogP contribution >= 0.6 is 15.9 Å². The van der Waals surface area contributed by atoms with E-state index in [0.29, 0.717) is 11.3 Å². The van der Waals surface area contributed by atoms with Crippen LogP contribution in [0.25, 0.3) is 0 Å². The predicted molar refractivity (Wildman–Crippen MR) is 105 cm³/mol. The largest absolute Gasteiger partial charge is 0.507 e. The lowest BCUT2D eigenvalue weighted by Crippen LogP contribution is -2.20. The molecule has 0 aliphatic rings. The fourth-order valence-electron chi connectivity index (χ4n) is 2.56. The van der Waals surface area contributed by atoms with Crippen LogP contribution in [-0.4, -0.2) is 11.1 Å². The van der Waals surface area contributed by atoms with Gasteiger partial charge in [0.2, 0.25) is 0 Å². The maximum Gasteiger partial charge on any atom is 0.343 e. The first-order valence-corrected chi connectivity index (χ1v) is 9.04. The van der Waals surface area contributed by atoms with Crippen molar-refractivity contribution in [3.05, 3.63) is 57.6 Å². The number of phenols is 1. The minimum Gasteiger partial charge on any atom is -0.507 e. The molecule has 0 aliphatic heterocycles. The Morgan fingerprint density at radius 1 is 0.920 bits per heavy atom. The minimum absolute atomic E-state index is 0.250. The molecule has 0 spiro atoms. The van der Waals surface area contributed by atoms with Crippen molar-refractivity contribution >= 4 is 21.9 Å². The monoisotopic (exact) mass is 404 g/mol. The third-order valence-corrected chi connectivity index (χ3v) is 4.51. The number of hydrogen-bond donors (Lipinski definition) is 1. The number of aromatic hydroxyl groups is 1. The topological polar surface area (TPSA) is 46.5 Å². The SMILES string of the molecule is CC(C)(C)c1cc(C(=O)Oc2ccc(Br)cc2)cc(C(C)(C)C)c1O. The van der Waals surface area contributed by atoms with Crippen molar-refractivity contribution in [2.45, 2.75) is 52.4 Å². The molecule has 2 aromatic carbocycles. The summed E-state index contributed by atoms with van der Waals surface area (Å²) in [5.41, 5.74) is 1.33. The Bertz CT molecular complexity index is 743. The van der Waals surface area contributed by atoms with Gasteiger partial charge < -0.3 is 9.84 Å². The van der Waals surface area contributed by atoms with Crippen LogP contribution in [0, 0.1) is 0 Å². The summed E-state index contributed by atoms with van der Waals surface area (Å²) in [4.78, 5) is 12.7. The number of ether oxygens (including phenoxy) is 1. The van der Waals surface area contributed by atoms with E-state index >= 15 is 0 Å². The maximum atomic E-state index is 12.7. The smallest absolute Gasteiger partial charge is 0.343 e. The molecule has 0 saturated carbocycles. The van der Waals surface area contributed by atoms with Crippen LogP contribution in [-0.2, 0) is 10.8 Å². The van der Waals surface area contributed by atoms with E-state index in [1.54, 1.807) is 24.3 Å². The van der Waals surface area contributed by atoms with Gasteiger partial charge in [0.1, 0.15) is 11.5 Å². The molecule has 2 aromatic rings. The zero-order valence-electron chi connectivity index (χ0n) is 15.6. The summed E-state index contributed by atoms with van der Waals surface area (Å²) in [5, 5.41) is 10.7. The van der Waals surface area contributed by atoms with Gasteiger partial charge in [-0.2, -0.15) is 0 Å². The first-order chi connectivity index (χ1) is 11.4. The summed E-state index contributed by atoms with van der Waals surface area (Å²) in [6.45, 7) is 12.1. The number of carbonyl (C=O) groups excluding carboxylic acids is 1. The average molecular weight is 405 g/mol. The molecular weight excluding hydrogens is 380 g/mol. The molecule has 4 heteroatoms. The molecule has 0 unspecified atom stereocenters. The number of halogens is 1. The lowest BCUT2D eigenvalue weighted by atomic mass is 9.78. The van der Waals surface area contributed by atoms with Gasteiger partial charge in [0.05, 0.1) is 5.56 Å². The highest BCUT2D eigenvalue weighted by Gasteiger charge is 2.28. The van der Waals surface area contributed by atoms with Gasteiger partial charge in [0.15, 0.2) is 0 Å². The van der Waals surface area contributed by atoms with E-state index in [-0.39, 0.29) is 16.6 Å². The van der Waals surface area contributed by atoms with Crippen LogP contribution in [0.2, 0.25) is 0 Å². The van der Waals surface area contributed by atoms with E-state index in [4.69, 9.17) is 4.74 Å². The van der Waals surface area contributed by atoms with Crippen LogP contribution in [0.1, 0.15) is 63.0 Å². The number of benzene rings is 2. The Morgan fingerprint density at radius 3 is 1.76 bits per heavy atom. The van der Waals surface area contributed by atoms with E-state index < -0.39 is 5.97 Å². The summed E-state index contributed by atoms with van der Waals surface area (Å²) in [6, 6.07) is 10.6. The van der Waals surface area contributed by atoms with Gasteiger partial charge in [-0.1, -0.05) is 57.5 Å². The van der Waals surface area contributed by atoms with Crippen molar-refractivity contribution in [2.75, 3.05) is 0 Å². The number of carbonyl (C=O) groups is 1.